The first-order chi connectivity index (χ1) is 17.4. The zero-order chi connectivity index (χ0) is 27.3. The van der Waals surface area contributed by atoms with E-state index in [2.05, 4.69) is 5.32 Å². The normalized spacial score (nSPS) is 12.1. The van der Waals surface area contributed by atoms with Crippen LogP contribution in [0.5, 0.6) is 0 Å². The van der Waals surface area contributed by atoms with Crippen molar-refractivity contribution < 1.29 is 18.0 Å². The van der Waals surface area contributed by atoms with Gasteiger partial charge in [0, 0.05) is 23.6 Å². The summed E-state index contributed by atoms with van der Waals surface area (Å²) in [4.78, 5) is 27.7. The summed E-state index contributed by atoms with van der Waals surface area (Å²) in [5.41, 5.74) is 2.49. The average molecular weight is 563 g/mol. The third kappa shape index (κ3) is 6.83. The fourth-order valence-electron chi connectivity index (χ4n) is 3.87. The largest absolute Gasteiger partial charge is 0.357 e. The topological polar surface area (TPSA) is 86.8 Å². The van der Waals surface area contributed by atoms with Crippen LogP contribution in [0.1, 0.15) is 23.6 Å². The van der Waals surface area contributed by atoms with Crippen molar-refractivity contribution in [3.8, 4) is 0 Å². The van der Waals surface area contributed by atoms with Crippen molar-refractivity contribution in [3.05, 3.63) is 93.5 Å². The molecule has 0 fully saturated rings. The lowest BCUT2D eigenvalue weighted by molar-refractivity contribution is -0.139. The van der Waals surface area contributed by atoms with Gasteiger partial charge in [0.05, 0.1) is 10.6 Å². The second-order valence-electron chi connectivity index (χ2n) is 8.70. The number of likely N-dealkylation sites (N-methyl/N-ethyl adjacent to an activating group) is 1. The third-order valence-electron chi connectivity index (χ3n) is 5.97. The quantitative estimate of drug-likeness (QED) is 0.399. The van der Waals surface area contributed by atoms with Crippen LogP contribution in [0, 0.1) is 13.8 Å². The summed E-state index contributed by atoms with van der Waals surface area (Å²) in [5, 5.41) is 3.48. The molecule has 3 aromatic rings. The van der Waals surface area contributed by atoms with E-state index in [0.29, 0.717) is 26.9 Å². The molecule has 7 nitrogen and oxygen atoms in total. The Bertz CT molecular complexity index is 1400. The molecule has 1 N–H and O–H groups in total. The second-order valence-corrected chi connectivity index (χ2v) is 11.4. The zero-order valence-electron chi connectivity index (χ0n) is 21.0. The SMILES string of the molecule is CNC(=O)[C@H](C)N(Cc1cccc(Cl)c1)C(=O)CN(c1ccc(Cl)cc1C)S(=O)(=O)c1ccc(C)cc1. The average Bonchev–Trinajstić information content (AvgIpc) is 2.85. The minimum absolute atomic E-state index is 0.0426. The van der Waals surface area contributed by atoms with Crippen LogP contribution in [-0.2, 0) is 26.2 Å². The van der Waals surface area contributed by atoms with Crippen LogP contribution in [0.2, 0.25) is 10.0 Å². The summed E-state index contributed by atoms with van der Waals surface area (Å²) < 4.78 is 28.7. The van der Waals surface area contributed by atoms with Gasteiger partial charge in [0.1, 0.15) is 12.6 Å². The summed E-state index contributed by atoms with van der Waals surface area (Å²) in [7, 11) is -2.67. The highest BCUT2D eigenvalue weighted by Crippen LogP contribution is 2.29. The van der Waals surface area contributed by atoms with Gasteiger partial charge in [-0.15, -0.1) is 0 Å². The van der Waals surface area contributed by atoms with Crippen molar-refractivity contribution in [2.24, 2.45) is 0 Å². The number of aryl methyl sites for hydroxylation is 2. The molecule has 0 spiro atoms. The van der Waals surface area contributed by atoms with E-state index in [1.807, 2.05) is 6.92 Å². The minimum Gasteiger partial charge on any atom is -0.357 e. The Balaban J connectivity index is 2.07. The van der Waals surface area contributed by atoms with Gasteiger partial charge < -0.3 is 10.2 Å². The maximum Gasteiger partial charge on any atom is 0.264 e. The summed E-state index contributed by atoms with van der Waals surface area (Å²) in [6.07, 6.45) is 0. The number of rotatable bonds is 9. The monoisotopic (exact) mass is 561 g/mol. The molecule has 0 heterocycles. The molecule has 3 rings (SSSR count). The summed E-state index contributed by atoms with van der Waals surface area (Å²) in [6, 6.07) is 17.2. The fraction of sp³-hybridized carbons (Fsp3) is 0.259. The standard InChI is InChI=1S/C27H29Cl2N3O4S/c1-18-8-11-24(12-9-18)37(35,36)32(25-13-10-23(29)14-19(25)2)17-26(33)31(20(3)27(34)30-4)16-21-6-5-7-22(28)15-21/h5-15,20H,16-17H2,1-4H3,(H,30,34)/t20-/m0/s1. The molecule has 0 unspecified atom stereocenters. The first-order valence-corrected chi connectivity index (χ1v) is 13.7. The highest BCUT2D eigenvalue weighted by molar-refractivity contribution is 7.92. The van der Waals surface area contributed by atoms with Gasteiger partial charge in [-0.3, -0.25) is 13.9 Å². The number of sulfonamides is 1. The first kappa shape index (κ1) is 28.5. The molecule has 0 aliphatic carbocycles. The minimum atomic E-state index is -4.14. The molecule has 0 aliphatic heterocycles. The van der Waals surface area contributed by atoms with Crippen molar-refractivity contribution in [2.75, 3.05) is 17.9 Å². The van der Waals surface area contributed by atoms with Gasteiger partial charge in [-0.1, -0.05) is 53.0 Å². The van der Waals surface area contributed by atoms with E-state index in [1.165, 1.54) is 24.1 Å². The Labute approximate surface area is 228 Å². The zero-order valence-corrected chi connectivity index (χ0v) is 23.4. The highest BCUT2D eigenvalue weighted by Gasteiger charge is 2.33. The van der Waals surface area contributed by atoms with Gasteiger partial charge >= 0.3 is 0 Å². The van der Waals surface area contributed by atoms with Crippen LogP contribution in [0.25, 0.3) is 0 Å². The van der Waals surface area contributed by atoms with Crippen LogP contribution in [0.15, 0.2) is 71.6 Å². The molecule has 0 saturated heterocycles. The third-order valence-corrected chi connectivity index (χ3v) is 8.22. The van der Waals surface area contributed by atoms with Crippen molar-refractivity contribution in [3.63, 3.8) is 0 Å². The van der Waals surface area contributed by atoms with E-state index in [9.17, 15) is 18.0 Å². The van der Waals surface area contributed by atoms with Crippen molar-refractivity contribution >= 4 is 50.7 Å². The Morgan fingerprint density at radius 3 is 2.19 bits per heavy atom. The van der Waals surface area contributed by atoms with Crippen molar-refractivity contribution in [2.45, 2.75) is 38.3 Å². The Kier molecular flexibility index (Phi) is 9.23. The summed E-state index contributed by atoms with van der Waals surface area (Å²) in [6.45, 7) is 4.70. The molecule has 10 heteroatoms. The van der Waals surface area contributed by atoms with Crippen molar-refractivity contribution in [1.29, 1.82) is 0 Å². The molecule has 0 radical (unpaired) electrons. The van der Waals surface area contributed by atoms with Gasteiger partial charge in [-0.25, -0.2) is 8.42 Å². The van der Waals surface area contributed by atoms with Crippen LogP contribution < -0.4 is 9.62 Å². The van der Waals surface area contributed by atoms with E-state index in [1.54, 1.807) is 68.4 Å². The summed E-state index contributed by atoms with van der Waals surface area (Å²) >= 11 is 12.3. The molecular weight excluding hydrogens is 533 g/mol. The lowest BCUT2D eigenvalue weighted by Crippen LogP contribution is -2.50. The first-order valence-electron chi connectivity index (χ1n) is 11.5. The van der Waals surface area contributed by atoms with Gasteiger partial charge in [0.25, 0.3) is 10.0 Å². The predicted molar refractivity (Wildman–Crippen MR) is 147 cm³/mol. The highest BCUT2D eigenvalue weighted by atomic mass is 35.5. The van der Waals surface area contributed by atoms with E-state index in [4.69, 9.17) is 23.2 Å². The Hall–Kier alpha value is -3.07. The number of hydrogen-bond donors (Lipinski definition) is 1. The lowest BCUT2D eigenvalue weighted by atomic mass is 10.1. The Morgan fingerprint density at radius 2 is 1.59 bits per heavy atom. The molecule has 2 amide bonds. The molecule has 0 bridgehead atoms. The van der Waals surface area contributed by atoms with E-state index < -0.39 is 28.5 Å². The Morgan fingerprint density at radius 1 is 0.946 bits per heavy atom. The molecule has 0 aliphatic rings. The number of hydrogen-bond acceptors (Lipinski definition) is 4. The number of nitrogens with one attached hydrogen (secondary N) is 1. The van der Waals surface area contributed by atoms with Crippen LogP contribution in [0.4, 0.5) is 5.69 Å². The number of halogens is 2. The van der Waals surface area contributed by atoms with E-state index in [-0.39, 0.29) is 17.3 Å². The van der Waals surface area contributed by atoms with Crippen molar-refractivity contribution in [1.82, 2.24) is 10.2 Å². The molecule has 0 aromatic heterocycles. The number of carbonyl (C=O) groups excluding carboxylic acids is 2. The molecule has 0 saturated carbocycles. The molecule has 1 atom stereocenters. The number of amides is 2. The molecular formula is C27H29Cl2N3O4S. The maximum absolute atomic E-state index is 13.8. The number of carbonyl (C=O) groups is 2. The number of nitrogens with zero attached hydrogens (tertiary/aromatic N) is 2. The van der Waals surface area contributed by atoms with Crippen LogP contribution in [0.3, 0.4) is 0 Å². The summed E-state index contributed by atoms with van der Waals surface area (Å²) in [5.74, 6) is -0.938. The maximum atomic E-state index is 13.8. The predicted octanol–water partition coefficient (Wildman–Crippen LogP) is 4.97. The fourth-order valence-corrected chi connectivity index (χ4v) is 5.79. The van der Waals surface area contributed by atoms with Crippen LogP contribution >= 0.6 is 23.2 Å². The molecule has 3 aromatic carbocycles. The second kappa shape index (κ2) is 12.0. The van der Waals surface area contributed by atoms with Gasteiger partial charge in [0.15, 0.2) is 0 Å². The van der Waals surface area contributed by atoms with E-state index >= 15 is 0 Å². The van der Waals surface area contributed by atoms with Crippen LogP contribution in [-0.4, -0.2) is 44.8 Å². The van der Waals surface area contributed by atoms with Gasteiger partial charge in [0.2, 0.25) is 11.8 Å². The van der Waals surface area contributed by atoms with Gasteiger partial charge in [-0.05, 0) is 74.4 Å². The number of anilines is 1. The molecule has 196 valence electrons. The number of benzene rings is 3. The van der Waals surface area contributed by atoms with Gasteiger partial charge in [-0.2, -0.15) is 0 Å². The molecule has 37 heavy (non-hydrogen) atoms. The lowest BCUT2D eigenvalue weighted by Gasteiger charge is -2.32. The van der Waals surface area contributed by atoms with E-state index in [0.717, 1.165) is 9.87 Å². The smallest absolute Gasteiger partial charge is 0.264 e.